The standard InChI is InChI=1S/C7H13NO3/c1-10-7(9)6-5-8-3-2-4-11-6/h6,8H,2-5H2,1H3. The Balaban J connectivity index is 2.36. The number of ether oxygens (including phenoxy) is 2. The van der Waals surface area contributed by atoms with E-state index in [4.69, 9.17) is 4.74 Å². The van der Waals surface area contributed by atoms with Crippen LogP contribution >= 0.6 is 0 Å². The topological polar surface area (TPSA) is 47.6 Å². The minimum Gasteiger partial charge on any atom is -0.467 e. The molecule has 0 bridgehead atoms. The van der Waals surface area contributed by atoms with Crippen molar-refractivity contribution in [3.05, 3.63) is 0 Å². The summed E-state index contributed by atoms with van der Waals surface area (Å²) in [6.07, 6.45) is 0.538. The summed E-state index contributed by atoms with van der Waals surface area (Å²) in [5.74, 6) is -0.292. The number of esters is 1. The zero-order valence-corrected chi connectivity index (χ0v) is 6.63. The van der Waals surface area contributed by atoms with Crippen LogP contribution in [0.4, 0.5) is 0 Å². The number of hydrogen-bond acceptors (Lipinski definition) is 4. The Kier molecular flexibility index (Phi) is 3.32. The van der Waals surface area contributed by atoms with Gasteiger partial charge in [0, 0.05) is 13.2 Å². The van der Waals surface area contributed by atoms with Crippen LogP contribution in [0, 0.1) is 0 Å². The van der Waals surface area contributed by atoms with Crippen molar-refractivity contribution in [2.24, 2.45) is 0 Å². The van der Waals surface area contributed by atoms with Crippen LogP contribution in [-0.2, 0) is 14.3 Å². The Morgan fingerprint density at radius 2 is 2.55 bits per heavy atom. The monoisotopic (exact) mass is 159 g/mol. The summed E-state index contributed by atoms with van der Waals surface area (Å²) in [7, 11) is 1.37. The molecule has 4 heteroatoms. The minimum absolute atomic E-state index is 0.292. The van der Waals surface area contributed by atoms with Crippen molar-refractivity contribution >= 4 is 5.97 Å². The Bertz CT molecular complexity index is 130. The van der Waals surface area contributed by atoms with Gasteiger partial charge in [0.15, 0.2) is 6.10 Å². The normalized spacial score (nSPS) is 25.7. The van der Waals surface area contributed by atoms with E-state index in [1.807, 2.05) is 0 Å². The minimum atomic E-state index is -0.414. The molecule has 0 saturated carbocycles. The summed E-state index contributed by atoms with van der Waals surface area (Å²) in [5.41, 5.74) is 0. The van der Waals surface area contributed by atoms with Crippen LogP contribution in [0.3, 0.4) is 0 Å². The quantitative estimate of drug-likeness (QED) is 0.526. The molecule has 1 atom stereocenters. The van der Waals surface area contributed by atoms with Gasteiger partial charge < -0.3 is 14.8 Å². The molecular formula is C7H13NO3. The smallest absolute Gasteiger partial charge is 0.336 e. The average Bonchev–Trinajstić information content (AvgIpc) is 2.30. The van der Waals surface area contributed by atoms with Gasteiger partial charge in [-0.05, 0) is 13.0 Å². The largest absolute Gasteiger partial charge is 0.467 e. The van der Waals surface area contributed by atoms with Crippen molar-refractivity contribution in [2.45, 2.75) is 12.5 Å². The summed E-state index contributed by atoms with van der Waals surface area (Å²) in [6.45, 7) is 2.10. The van der Waals surface area contributed by atoms with Crippen molar-refractivity contribution in [3.63, 3.8) is 0 Å². The first-order valence-corrected chi connectivity index (χ1v) is 3.74. The van der Waals surface area contributed by atoms with E-state index in [0.717, 1.165) is 13.0 Å². The fraction of sp³-hybridized carbons (Fsp3) is 0.857. The molecule has 64 valence electrons. The third kappa shape index (κ3) is 2.48. The highest BCUT2D eigenvalue weighted by Gasteiger charge is 2.20. The predicted octanol–water partition coefficient (Wildman–Crippen LogP) is -0.462. The number of carbonyl (C=O) groups is 1. The van der Waals surface area contributed by atoms with Crippen LogP contribution < -0.4 is 5.32 Å². The maximum absolute atomic E-state index is 10.9. The second-order valence-corrected chi connectivity index (χ2v) is 2.44. The zero-order valence-electron chi connectivity index (χ0n) is 6.63. The summed E-state index contributed by atoms with van der Waals surface area (Å²) < 4.78 is 9.76. The van der Waals surface area contributed by atoms with Gasteiger partial charge in [-0.2, -0.15) is 0 Å². The lowest BCUT2D eigenvalue weighted by atomic mass is 10.3. The molecule has 1 aliphatic heterocycles. The number of hydrogen-bond donors (Lipinski definition) is 1. The van der Waals surface area contributed by atoms with Crippen LogP contribution in [0.5, 0.6) is 0 Å². The van der Waals surface area contributed by atoms with E-state index in [2.05, 4.69) is 10.1 Å². The molecule has 0 aromatic rings. The van der Waals surface area contributed by atoms with Crippen LogP contribution in [0.1, 0.15) is 6.42 Å². The average molecular weight is 159 g/mol. The molecule has 0 aromatic carbocycles. The molecule has 1 N–H and O–H groups in total. The van der Waals surface area contributed by atoms with E-state index in [0.29, 0.717) is 13.2 Å². The van der Waals surface area contributed by atoms with Crippen LogP contribution in [-0.4, -0.2) is 38.9 Å². The van der Waals surface area contributed by atoms with Crippen molar-refractivity contribution in [1.82, 2.24) is 5.32 Å². The van der Waals surface area contributed by atoms with Gasteiger partial charge in [-0.3, -0.25) is 0 Å². The Labute approximate surface area is 65.9 Å². The molecule has 1 saturated heterocycles. The molecule has 1 unspecified atom stereocenters. The van der Waals surface area contributed by atoms with Crippen molar-refractivity contribution in [2.75, 3.05) is 26.8 Å². The summed E-state index contributed by atoms with van der Waals surface area (Å²) >= 11 is 0. The van der Waals surface area contributed by atoms with E-state index >= 15 is 0 Å². The fourth-order valence-corrected chi connectivity index (χ4v) is 0.998. The molecule has 1 rings (SSSR count). The summed E-state index contributed by atoms with van der Waals surface area (Å²) in [4.78, 5) is 10.9. The number of nitrogens with one attached hydrogen (secondary N) is 1. The maximum atomic E-state index is 10.9. The molecule has 1 fully saturated rings. The SMILES string of the molecule is COC(=O)C1CNCCCO1. The van der Waals surface area contributed by atoms with Gasteiger partial charge in [-0.15, -0.1) is 0 Å². The first-order valence-electron chi connectivity index (χ1n) is 3.74. The van der Waals surface area contributed by atoms with Gasteiger partial charge >= 0.3 is 5.97 Å². The Morgan fingerprint density at radius 1 is 1.73 bits per heavy atom. The molecule has 11 heavy (non-hydrogen) atoms. The molecule has 0 spiro atoms. The van der Waals surface area contributed by atoms with E-state index in [1.165, 1.54) is 7.11 Å². The highest BCUT2D eigenvalue weighted by molar-refractivity contribution is 5.74. The third-order valence-electron chi connectivity index (χ3n) is 1.61. The molecule has 1 aliphatic rings. The lowest BCUT2D eigenvalue weighted by molar-refractivity contribution is -0.153. The van der Waals surface area contributed by atoms with Crippen molar-refractivity contribution in [1.29, 1.82) is 0 Å². The lowest BCUT2D eigenvalue weighted by Crippen LogP contribution is -2.34. The first kappa shape index (κ1) is 8.49. The van der Waals surface area contributed by atoms with E-state index < -0.39 is 6.10 Å². The number of carbonyl (C=O) groups excluding carboxylic acids is 1. The zero-order chi connectivity index (χ0) is 8.10. The molecule has 0 amide bonds. The van der Waals surface area contributed by atoms with Gasteiger partial charge in [-0.1, -0.05) is 0 Å². The lowest BCUT2D eigenvalue weighted by Gasteiger charge is -2.11. The molecule has 0 radical (unpaired) electrons. The van der Waals surface area contributed by atoms with Crippen molar-refractivity contribution in [3.8, 4) is 0 Å². The fourth-order valence-electron chi connectivity index (χ4n) is 0.998. The van der Waals surface area contributed by atoms with Gasteiger partial charge in [0.2, 0.25) is 0 Å². The second kappa shape index (κ2) is 4.31. The van der Waals surface area contributed by atoms with Crippen molar-refractivity contribution < 1.29 is 14.3 Å². The molecule has 1 heterocycles. The summed E-state index contributed by atoms with van der Waals surface area (Å²) in [6, 6.07) is 0. The maximum Gasteiger partial charge on any atom is 0.336 e. The highest BCUT2D eigenvalue weighted by atomic mass is 16.6. The Morgan fingerprint density at radius 3 is 3.27 bits per heavy atom. The second-order valence-electron chi connectivity index (χ2n) is 2.44. The summed E-state index contributed by atoms with van der Waals surface area (Å²) in [5, 5.41) is 3.09. The van der Waals surface area contributed by atoms with Crippen LogP contribution in [0.25, 0.3) is 0 Å². The number of methoxy groups -OCH3 is 1. The molecular weight excluding hydrogens is 146 g/mol. The third-order valence-corrected chi connectivity index (χ3v) is 1.61. The highest BCUT2D eigenvalue weighted by Crippen LogP contribution is 1.98. The van der Waals surface area contributed by atoms with E-state index in [-0.39, 0.29) is 5.97 Å². The molecule has 0 aliphatic carbocycles. The number of rotatable bonds is 1. The van der Waals surface area contributed by atoms with Gasteiger partial charge in [0.1, 0.15) is 0 Å². The van der Waals surface area contributed by atoms with E-state index in [1.54, 1.807) is 0 Å². The van der Waals surface area contributed by atoms with Gasteiger partial charge in [0.25, 0.3) is 0 Å². The first-order chi connectivity index (χ1) is 5.34. The Hall–Kier alpha value is -0.610. The van der Waals surface area contributed by atoms with Crippen LogP contribution in [0.2, 0.25) is 0 Å². The molecule has 4 nitrogen and oxygen atoms in total. The van der Waals surface area contributed by atoms with Crippen LogP contribution in [0.15, 0.2) is 0 Å². The van der Waals surface area contributed by atoms with Gasteiger partial charge in [0.05, 0.1) is 7.11 Å². The van der Waals surface area contributed by atoms with Gasteiger partial charge in [-0.25, -0.2) is 4.79 Å². The molecule has 0 aromatic heterocycles. The van der Waals surface area contributed by atoms with E-state index in [9.17, 15) is 4.79 Å². The predicted molar refractivity (Wildman–Crippen MR) is 39.2 cm³/mol.